The van der Waals surface area contributed by atoms with Crippen LogP contribution in [0.25, 0.3) is 0 Å². The summed E-state index contributed by atoms with van der Waals surface area (Å²) in [5.41, 5.74) is 0.0232. The second-order valence-electron chi connectivity index (χ2n) is 36.8. The lowest BCUT2D eigenvalue weighted by atomic mass is 10.1. The Kier molecular flexibility index (Phi) is 25.2. The Bertz CT molecular complexity index is 4400. The first-order valence-corrected chi connectivity index (χ1v) is 46.3. The van der Waals surface area contributed by atoms with E-state index < -0.39 is 156 Å². The molecule has 16 saturated heterocycles. The predicted molar refractivity (Wildman–Crippen MR) is 443 cm³/mol. The molecule has 0 saturated carbocycles. The molecule has 0 unspecified atom stereocenters. The van der Waals surface area contributed by atoms with Crippen molar-refractivity contribution in [3.8, 4) is 0 Å². The van der Waals surface area contributed by atoms with Crippen molar-refractivity contribution < 1.29 is 91.0 Å². The Hall–Kier alpha value is -11.6. The van der Waals surface area contributed by atoms with Gasteiger partial charge in [-0.25, -0.2) is 128 Å². The van der Waals surface area contributed by atoms with Crippen LogP contribution in [0.15, 0.2) is 30.3 Å². The van der Waals surface area contributed by atoms with Crippen LogP contribution in [0.5, 0.6) is 0 Å². The van der Waals surface area contributed by atoms with Crippen molar-refractivity contribution in [2.75, 3.05) is 157 Å². The number of nitrogens with zero attached hydrogens (tertiary/aromatic N) is 24. The van der Waals surface area contributed by atoms with Crippen molar-refractivity contribution in [3.63, 3.8) is 0 Å². The number of hydrogen-bond acceptors (Lipinski definition) is 19. The third-order valence-corrected chi connectivity index (χ3v) is 27.9. The molecule has 0 aliphatic carbocycles. The van der Waals surface area contributed by atoms with E-state index in [1.807, 2.05) is 30.3 Å². The summed E-state index contributed by atoms with van der Waals surface area (Å²) >= 11 is 0. The molecule has 690 valence electrons. The van der Waals surface area contributed by atoms with Crippen LogP contribution in [0.3, 0.4) is 0 Å². The first-order valence-electron chi connectivity index (χ1n) is 46.3. The zero-order chi connectivity index (χ0) is 89.0. The lowest BCUT2D eigenvalue weighted by Gasteiger charge is -2.40. The third kappa shape index (κ3) is 16.7. The van der Waals surface area contributed by atoms with Gasteiger partial charge < -0.3 is 48.7 Å². The minimum atomic E-state index is -1.03. The number of rotatable bonds is 10. The molecule has 8 atom stereocenters. The summed E-state index contributed by atoms with van der Waals surface area (Å²) in [5, 5.41) is 21.5. The molecule has 17 rings (SSSR count). The highest BCUT2D eigenvalue weighted by Gasteiger charge is 2.56. The van der Waals surface area contributed by atoms with Crippen LogP contribution in [-0.2, 0) is 54.4 Å². The molecule has 0 aromatic heterocycles. The molecular weight excluding hydrogens is 1650 g/mol. The number of carbonyl (C=O) groups is 17. The highest BCUT2D eigenvalue weighted by molar-refractivity contribution is 5.98. The molecule has 0 bridgehead atoms. The van der Waals surface area contributed by atoms with Gasteiger partial charge in [-0.1, -0.05) is 30.3 Å². The van der Waals surface area contributed by atoms with Gasteiger partial charge in [0.15, 0.2) is 0 Å². The summed E-state index contributed by atoms with van der Waals surface area (Å²) in [6.07, 6.45) is 9.18. The minimum Gasteiger partial charge on any atom is -0.458 e. The fourth-order valence-corrected chi connectivity index (χ4v) is 21.8. The van der Waals surface area contributed by atoms with E-state index in [1.165, 1.54) is 119 Å². The number of urea groups is 8. The number of hydrogen-bond donors (Lipinski definition) is 0. The Morgan fingerprint density at radius 3 is 0.630 bits per heavy atom. The van der Waals surface area contributed by atoms with Gasteiger partial charge >= 0.3 is 60.3 Å². The molecule has 0 radical (unpaired) electrons. The van der Waals surface area contributed by atoms with Gasteiger partial charge in [-0.2, -0.15) is 0 Å². The van der Waals surface area contributed by atoms with E-state index in [2.05, 4.69) is 0 Å². The summed E-state index contributed by atoms with van der Waals surface area (Å²) in [6, 6.07) is -2.93. The first kappa shape index (κ1) is 87.5. The Morgan fingerprint density at radius 1 is 0.236 bits per heavy atom. The second-order valence-corrected chi connectivity index (χ2v) is 36.8. The largest absolute Gasteiger partial charge is 0.458 e. The van der Waals surface area contributed by atoms with Crippen molar-refractivity contribution in [1.29, 1.82) is 0 Å². The molecule has 16 aliphatic rings. The Labute approximate surface area is 737 Å². The molecule has 43 nitrogen and oxygen atoms in total. The zero-order valence-corrected chi connectivity index (χ0v) is 73.1. The first-order chi connectivity index (χ1) is 61.3. The fourth-order valence-electron chi connectivity index (χ4n) is 21.8. The van der Waals surface area contributed by atoms with E-state index in [0.29, 0.717) is 129 Å². The van der Waals surface area contributed by atoms with Crippen LogP contribution in [0, 0.1) is 0 Å². The maximum Gasteiger partial charge on any atom is 0.429 e. The van der Waals surface area contributed by atoms with Gasteiger partial charge in [0.25, 0.3) is 41.4 Å². The molecule has 1 aromatic rings. The van der Waals surface area contributed by atoms with Gasteiger partial charge in [-0.3, -0.25) is 33.6 Å². The molecule has 16 heterocycles. The standard InChI is InChI=1S/C84H120N24O19/c1-84(2,3)127-74(116)66-32-14-40-92(66)82(124)106-54-21-47-99(106)72(114)64-30-12-38-90(64)80(122)104-52-19-45-97(104)70(112)62-28-10-36-88(62)78(120)102-50-17-43-95(102)68(110)60-26-8-34-86(60)76(118)100-48-15-41-93(100)67(109)59-25-7-33-85(59)75(117)101-49-16-42-94(101)69(111)61-27-9-35-87(61)77(119)103-51-18-44-96(103)71(113)63-29-11-37-89(63)79(121)105-53-20-46-98(105)73(115)65-31-13-39-91(65)81(123)107-55-22-56-108(107)83(125)126-57-58-23-5-4-6-24-58/h4-6,23-24,59-66H,7-22,25-57H2,1-3H3/t59-,60-,61-,62-,63-,64-,65-,66-/m0/s1. The maximum atomic E-state index is 15.1. The average molecular weight is 1770 g/mol. The lowest BCUT2D eigenvalue weighted by molar-refractivity contribution is -0.160. The quantitative estimate of drug-likeness (QED) is 0.303. The highest BCUT2D eigenvalue weighted by Crippen LogP contribution is 2.38. The van der Waals surface area contributed by atoms with Crippen molar-refractivity contribution >= 4 is 102 Å². The van der Waals surface area contributed by atoms with Crippen LogP contribution in [0.1, 0.15) is 180 Å². The molecule has 43 heteroatoms. The molecule has 0 spiro atoms. The van der Waals surface area contributed by atoms with E-state index in [4.69, 9.17) is 9.47 Å². The maximum absolute atomic E-state index is 15.1. The Balaban J connectivity index is 0.488. The van der Waals surface area contributed by atoms with Crippen molar-refractivity contribution in [1.82, 2.24) is 119 Å². The van der Waals surface area contributed by atoms with Gasteiger partial charge in [0, 0.05) is 157 Å². The zero-order valence-electron chi connectivity index (χ0n) is 73.1. The molecule has 0 N–H and O–H groups in total. The molecule has 127 heavy (non-hydrogen) atoms. The number of esters is 1. The molecule has 1 aromatic carbocycles. The van der Waals surface area contributed by atoms with Gasteiger partial charge in [-0.05, 0) is 180 Å². The van der Waals surface area contributed by atoms with Crippen LogP contribution in [-0.4, -0.2) is 432 Å². The van der Waals surface area contributed by atoms with E-state index in [1.54, 1.807) is 20.8 Å². The normalized spacial score (nSPS) is 26.5. The van der Waals surface area contributed by atoms with Crippen LogP contribution in [0.2, 0.25) is 0 Å². The molecule has 16 fully saturated rings. The third-order valence-electron chi connectivity index (χ3n) is 27.9. The topological polar surface area (TPSA) is 386 Å². The van der Waals surface area contributed by atoms with Crippen LogP contribution < -0.4 is 0 Å². The summed E-state index contributed by atoms with van der Waals surface area (Å²) in [5.74, 6) is -3.85. The van der Waals surface area contributed by atoms with Gasteiger partial charge in [-0.15, -0.1) is 0 Å². The van der Waals surface area contributed by atoms with E-state index in [9.17, 15) is 57.5 Å². The fraction of sp³-hybridized carbons (Fsp3) is 0.726. The number of benzene rings is 1. The van der Waals surface area contributed by atoms with E-state index in [0.717, 1.165) is 5.56 Å². The van der Waals surface area contributed by atoms with Gasteiger partial charge in [0.05, 0.1) is 0 Å². The number of likely N-dealkylation sites (tertiary alicyclic amines) is 8. The number of carbonyl (C=O) groups excluding carboxylic acids is 17. The number of hydrazine groups is 8. The van der Waals surface area contributed by atoms with E-state index in [-0.39, 0.29) is 189 Å². The molecule has 16 aliphatic heterocycles. The number of ether oxygens (including phenoxy) is 2. The van der Waals surface area contributed by atoms with Crippen LogP contribution in [0.4, 0.5) is 43.2 Å². The summed E-state index contributed by atoms with van der Waals surface area (Å²) < 4.78 is 11.2. The van der Waals surface area contributed by atoms with Gasteiger partial charge in [0.2, 0.25) is 0 Å². The number of amides is 24. The average Bonchev–Trinajstić information content (AvgIpc) is 1.64. The second kappa shape index (κ2) is 36.6. The molecular formula is C84H120N24O19. The Morgan fingerprint density at radius 2 is 0.417 bits per heavy atom. The van der Waals surface area contributed by atoms with E-state index >= 15 is 24.0 Å². The van der Waals surface area contributed by atoms with Crippen molar-refractivity contribution in [2.45, 2.75) is 235 Å². The summed E-state index contributed by atoms with van der Waals surface area (Å²) in [6.45, 7) is 9.90. The summed E-state index contributed by atoms with van der Waals surface area (Å²) in [7, 11) is 0. The summed E-state index contributed by atoms with van der Waals surface area (Å²) in [4.78, 5) is 260. The minimum absolute atomic E-state index is 0.0175. The SMILES string of the molecule is CC(C)(C)OC(=O)[C@@H]1CCCN1C(=O)N1CCCN1C(=O)[C@@H]1CCCN1C(=O)N1CCCN1C(=O)[C@@H]1CCCN1C(=O)N1CCCN1C(=O)[C@@H]1CCCN1C(=O)N1CCCN1C(=O)[C@@H]1CCCN1C(=O)N1CCCN1C(=O)[C@@H]1CCCN1C(=O)N1CCCN1C(=O)[C@@H]1CCCN1C(=O)N1CCCN1C(=O)[C@@H]1CCCN1C(=O)N1CCCN1C(=O)OCc1ccccc1. The van der Waals surface area contributed by atoms with Crippen LogP contribution >= 0.6 is 0 Å². The molecule has 24 amide bonds. The smallest absolute Gasteiger partial charge is 0.429 e. The monoisotopic (exact) mass is 1770 g/mol. The van der Waals surface area contributed by atoms with Crippen molar-refractivity contribution in [2.24, 2.45) is 0 Å². The highest BCUT2D eigenvalue weighted by atomic mass is 16.6. The van der Waals surface area contributed by atoms with Crippen molar-refractivity contribution in [3.05, 3.63) is 35.9 Å². The lowest BCUT2D eigenvalue weighted by Crippen LogP contribution is -2.62. The van der Waals surface area contributed by atoms with Gasteiger partial charge in [0.1, 0.15) is 60.5 Å². The predicted octanol–water partition coefficient (Wildman–Crippen LogP) is 3.41.